The molecule has 2 aromatic rings. The van der Waals surface area contributed by atoms with Gasteiger partial charge in [-0.15, -0.1) is 10.2 Å². The highest BCUT2D eigenvalue weighted by atomic mass is 32.2. The van der Waals surface area contributed by atoms with Crippen LogP contribution in [0.1, 0.15) is 19.8 Å². The number of aromatic nitrogens is 2. The average molecular weight is 433 g/mol. The Morgan fingerprint density at radius 1 is 1.27 bits per heavy atom. The van der Waals surface area contributed by atoms with Gasteiger partial charge in [0.15, 0.2) is 8.68 Å². The van der Waals surface area contributed by atoms with E-state index in [0.717, 1.165) is 29.0 Å². The summed E-state index contributed by atoms with van der Waals surface area (Å²) in [6.45, 7) is 2.88. The molecule has 1 aliphatic heterocycles. The van der Waals surface area contributed by atoms with Crippen LogP contribution in [0.2, 0.25) is 0 Å². The Hall–Kier alpha value is -1.21. The van der Waals surface area contributed by atoms with Gasteiger partial charge >= 0.3 is 0 Å². The molecule has 0 amide bonds. The first-order valence-electron chi connectivity index (χ1n) is 7.84. The van der Waals surface area contributed by atoms with Crippen molar-refractivity contribution in [2.45, 2.75) is 38.2 Å². The maximum absolute atomic E-state index is 13.0. The third-order valence-corrected chi connectivity index (χ3v) is 8.81. The largest absolute Gasteiger partial charge is 0.270 e. The van der Waals surface area contributed by atoms with Crippen molar-refractivity contribution >= 4 is 50.6 Å². The lowest BCUT2D eigenvalue weighted by Crippen LogP contribution is -2.28. The van der Waals surface area contributed by atoms with Crippen molar-refractivity contribution in [2.24, 2.45) is 0 Å². The molecule has 2 heterocycles. The lowest BCUT2D eigenvalue weighted by atomic mass is 10.3. The number of hydrogen-bond acceptors (Lipinski definition) is 9. The van der Waals surface area contributed by atoms with Gasteiger partial charge in [0.25, 0.3) is 5.69 Å². The molecule has 0 atom stereocenters. The molecule has 140 valence electrons. The molecule has 8 nitrogen and oxygen atoms in total. The van der Waals surface area contributed by atoms with Gasteiger partial charge in [-0.25, -0.2) is 8.42 Å². The molecule has 1 aliphatic rings. The predicted molar refractivity (Wildman–Crippen MR) is 102 cm³/mol. The molecule has 0 spiro atoms. The van der Waals surface area contributed by atoms with Crippen LogP contribution in [0.3, 0.4) is 0 Å². The normalized spacial score (nSPS) is 15.4. The van der Waals surface area contributed by atoms with Gasteiger partial charge in [-0.2, -0.15) is 4.31 Å². The van der Waals surface area contributed by atoms with Crippen LogP contribution in [0.15, 0.2) is 36.7 Å². The van der Waals surface area contributed by atoms with E-state index < -0.39 is 14.9 Å². The second-order valence-electron chi connectivity index (χ2n) is 5.37. The highest BCUT2D eigenvalue weighted by Crippen LogP contribution is 2.39. The van der Waals surface area contributed by atoms with Crippen LogP contribution in [0, 0.1) is 10.1 Å². The number of rotatable bonds is 7. The summed E-state index contributed by atoms with van der Waals surface area (Å²) in [6, 6.07) is 3.92. The fraction of sp³-hybridized carbons (Fsp3) is 0.429. The van der Waals surface area contributed by atoms with Crippen LogP contribution in [-0.2, 0) is 10.0 Å². The summed E-state index contributed by atoms with van der Waals surface area (Å²) >= 11 is 4.10. The molecule has 1 aromatic heterocycles. The van der Waals surface area contributed by atoms with Gasteiger partial charge in [0.1, 0.15) is 4.90 Å². The summed E-state index contributed by atoms with van der Waals surface area (Å²) in [5.74, 6) is 0.866. The topological polar surface area (TPSA) is 106 Å². The van der Waals surface area contributed by atoms with Crippen molar-refractivity contribution in [3.05, 3.63) is 28.3 Å². The van der Waals surface area contributed by atoms with Gasteiger partial charge in [0.2, 0.25) is 10.0 Å². The highest BCUT2D eigenvalue weighted by molar-refractivity contribution is 8.03. The smallest absolute Gasteiger partial charge is 0.258 e. The quantitative estimate of drug-likeness (QED) is 0.372. The first-order chi connectivity index (χ1) is 12.4. The van der Waals surface area contributed by atoms with Crippen LogP contribution in [-0.4, -0.2) is 46.7 Å². The molecule has 0 aliphatic carbocycles. The van der Waals surface area contributed by atoms with Crippen molar-refractivity contribution < 1.29 is 13.3 Å². The highest BCUT2D eigenvalue weighted by Gasteiger charge is 2.31. The summed E-state index contributed by atoms with van der Waals surface area (Å²) in [5, 5.41) is 19.2. The molecule has 26 heavy (non-hydrogen) atoms. The van der Waals surface area contributed by atoms with Gasteiger partial charge in [0.05, 0.1) is 4.92 Å². The average Bonchev–Trinajstić information content (AvgIpc) is 3.27. The third-order valence-electron chi connectivity index (χ3n) is 3.67. The number of non-ortho nitro benzene ring substituents is 1. The van der Waals surface area contributed by atoms with E-state index in [0.29, 0.717) is 22.3 Å². The van der Waals surface area contributed by atoms with E-state index in [4.69, 9.17) is 0 Å². The number of thioether (sulfide) groups is 1. The molecule has 12 heteroatoms. The SMILES string of the molecule is CCSc1nnc(Sc2ccc([N+](=O)[O-])cc2S(=O)(=O)N2CCCC2)s1. The molecule has 1 saturated heterocycles. The minimum absolute atomic E-state index is 0.0431. The maximum Gasteiger partial charge on any atom is 0.270 e. The van der Waals surface area contributed by atoms with E-state index >= 15 is 0 Å². The monoisotopic (exact) mass is 432 g/mol. The van der Waals surface area contributed by atoms with E-state index in [-0.39, 0.29) is 10.6 Å². The van der Waals surface area contributed by atoms with Crippen LogP contribution in [0.4, 0.5) is 5.69 Å². The molecular formula is C14H16N4O4S4. The van der Waals surface area contributed by atoms with Crippen LogP contribution < -0.4 is 0 Å². The van der Waals surface area contributed by atoms with Crippen molar-refractivity contribution in [1.82, 2.24) is 14.5 Å². The Bertz CT molecular complexity index is 909. The number of nitro benzene ring substituents is 1. The third kappa shape index (κ3) is 4.19. The van der Waals surface area contributed by atoms with E-state index in [1.165, 1.54) is 39.5 Å². The molecule has 3 rings (SSSR count). The summed E-state index contributed by atoms with van der Waals surface area (Å²) < 4.78 is 28.8. The number of hydrogen-bond donors (Lipinski definition) is 0. The van der Waals surface area contributed by atoms with Gasteiger partial charge in [-0.1, -0.05) is 41.8 Å². The van der Waals surface area contributed by atoms with Gasteiger partial charge < -0.3 is 0 Å². The molecule has 0 saturated carbocycles. The van der Waals surface area contributed by atoms with Gasteiger partial charge in [-0.3, -0.25) is 10.1 Å². The Balaban J connectivity index is 1.99. The summed E-state index contributed by atoms with van der Waals surface area (Å²) in [6.07, 6.45) is 1.59. The zero-order chi connectivity index (χ0) is 18.7. The molecule has 0 N–H and O–H groups in total. The van der Waals surface area contributed by atoms with Crippen LogP contribution in [0.5, 0.6) is 0 Å². The molecular weight excluding hydrogens is 416 g/mol. The van der Waals surface area contributed by atoms with E-state index in [9.17, 15) is 18.5 Å². The zero-order valence-corrected chi connectivity index (χ0v) is 17.1. The number of nitro groups is 1. The molecule has 1 aromatic carbocycles. The van der Waals surface area contributed by atoms with Crippen molar-refractivity contribution in [3.63, 3.8) is 0 Å². The molecule has 0 bridgehead atoms. The van der Waals surface area contributed by atoms with Crippen molar-refractivity contribution in [1.29, 1.82) is 0 Å². The Labute approximate surface area is 163 Å². The number of nitrogens with zero attached hydrogens (tertiary/aromatic N) is 4. The molecule has 0 radical (unpaired) electrons. The lowest BCUT2D eigenvalue weighted by molar-refractivity contribution is -0.385. The van der Waals surface area contributed by atoms with Gasteiger partial charge in [0, 0.05) is 30.1 Å². The lowest BCUT2D eigenvalue weighted by Gasteiger charge is -2.17. The Kier molecular flexibility index (Phi) is 6.17. The summed E-state index contributed by atoms with van der Waals surface area (Å²) in [5.41, 5.74) is -0.244. The second-order valence-corrected chi connectivity index (χ2v) is 11.1. The zero-order valence-electron chi connectivity index (χ0n) is 13.8. The van der Waals surface area contributed by atoms with E-state index in [2.05, 4.69) is 10.2 Å². The van der Waals surface area contributed by atoms with E-state index in [1.54, 1.807) is 11.8 Å². The second kappa shape index (κ2) is 8.21. The Morgan fingerprint density at radius 2 is 1.96 bits per heavy atom. The predicted octanol–water partition coefficient (Wildman–Crippen LogP) is 3.49. The number of sulfonamides is 1. The minimum atomic E-state index is -3.79. The molecule has 1 fully saturated rings. The fourth-order valence-corrected chi connectivity index (χ4v) is 7.41. The first kappa shape index (κ1) is 19.5. The van der Waals surface area contributed by atoms with Crippen molar-refractivity contribution in [3.8, 4) is 0 Å². The van der Waals surface area contributed by atoms with Crippen LogP contribution in [0.25, 0.3) is 0 Å². The number of benzene rings is 1. The van der Waals surface area contributed by atoms with Gasteiger partial charge in [-0.05, 0) is 24.7 Å². The Morgan fingerprint density at radius 3 is 2.62 bits per heavy atom. The van der Waals surface area contributed by atoms with Crippen LogP contribution >= 0.6 is 34.9 Å². The standard InChI is InChI=1S/C14H16N4O4S4/c1-2-23-13-15-16-14(25-13)24-11-6-5-10(18(19)20)9-12(11)26(21,22)17-7-3-4-8-17/h5-6,9H,2-4,7-8H2,1H3. The summed E-state index contributed by atoms with van der Waals surface area (Å²) in [7, 11) is -3.79. The fourth-order valence-electron chi connectivity index (χ4n) is 2.48. The minimum Gasteiger partial charge on any atom is -0.258 e. The summed E-state index contributed by atoms with van der Waals surface area (Å²) in [4.78, 5) is 10.9. The van der Waals surface area contributed by atoms with Crippen molar-refractivity contribution in [2.75, 3.05) is 18.8 Å². The first-order valence-corrected chi connectivity index (χ1v) is 11.9. The molecule has 0 unspecified atom stereocenters. The maximum atomic E-state index is 13.0. The van der Waals surface area contributed by atoms with E-state index in [1.807, 2.05) is 6.92 Å².